The van der Waals surface area contributed by atoms with Crippen molar-refractivity contribution in [3.63, 3.8) is 0 Å². The average molecular weight is 441 g/mol. The normalized spacial score (nSPS) is 11.7. The minimum absolute atomic E-state index is 0.0541. The highest BCUT2D eigenvalue weighted by atomic mass is 79.9. The molecule has 0 fully saturated rings. The molecule has 0 saturated carbocycles. The lowest BCUT2D eigenvalue weighted by Crippen LogP contribution is -2.33. The summed E-state index contributed by atoms with van der Waals surface area (Å²) in [6, 6.07) is 4.61. The fourth-order valence-electron chi connectivity index (χ4n) is 2.48. The standard InChI is InChI=1S/C19H22BrFN2O4/c1-11-14(7-12-5-6-13(20)8-15(12)21)17(22-23(4)18(11)26)16(25)9-27-19(2,3)10-24/h5-6,8,24H,7,9-10H2,1-4H3. The third-order valence-electron chi connectivity index (χ3n) is 4.22. The molecule has 2 aromatic rings. The van der Waals surface area contributed by atoms with Gasteiger partial charge in [-0.3, -0.25) is 9.59 Å². The van der Waals surface area contributed by atoms with Crippen LogP contribution in [0, 0.1) is 12.7 Å². The van der Waals surface area contributed by atoms with Crippen LogP contribution in [0.4, 0.5) is 4.39 Å². The smallest absolute Gasteiger partial charge is 0.269 e. The number of carbonyl (C=O) groups excluding carboxylic acids is 1. The van der Waals surface area contributed by atoms with Crippen molar-refractivity contribution in [3.8, 4) is 0 Å². The second-order valence-electron chi connectivity index (χ2n) is 6.92. The Balaban J connectivity index is 2.45. The van der Waals surface area contributed by atoms with Crippen LogP contribution in [0.2, 0.25) is 0 Å². The molecule has 0 aliphatic carbocycles. The van der Waals surface area contributed by atoms with E-state index in [1.807, 2.05) is 0 Å². The number of aryl methyl sites for hydroxylation is 1. The van der Waals surface area contributed by atoms with E-state index in [2.05, 4.69) is 21.0 Å². The number of ketones is 1. The van der Waals surface area contributed by atoms with E-state index in [1.165, 1.54) is 13.1 Å². The van der Waals surface area contributed by atoms with Gasteiger partial charge in [-0.2, -0.15) is 5.10 Å². The molecule has 0 aliphatic rings. The zero-order valence-corrected chi connectivity index (χ0v) is 17.3. The molecule has 0 saturated heterocycles. The maximum absolute atomic E-state index is 14.3. The summed E-state index contributed by atoms with van der Waals surface area (Å²) in [6.07, 6.45) is 0.0541. The van der Waals surface area contributed by atoms with Crippen molar-refractivity contribution in [2.24, 2.45) is 7.05 Å². The quantitative estimate of drug-likeness (QED) is 0.669. The summed E-state index contributed by atoms with van der Waals surface area (Å²) >= 11 is 3.20. The summed E-state index contributed by atoms with van der Waals surface area (Å²) in [7, 11) is 1.45. The molecule has 1 aromatic heterocycles. The van der Waals surface area contributed by atoms with Crippen LogP contribution in [0.25, 0.3) is 0 Å². The molecule has 146 valence electrons. The number of halogens is 2. The van der Waals surface area contributed by atoms with Crippen LogP contribution in [-0.4, -0.2) is 39.5 Å². The summed E-state index contributed by atoms with van der Waals surface area (Å²) in [5.41, 5.74) is -0.124. The van der Waals surface area contributed by atoms with Crippen LogP contribution >= 0.6 is 15.9 Å². The number of carbonyl (C=O) groups is 1. The molecule has 0 bridgehead atoms. The van der Waals surface area contributed by atoms with Gasteiger partial charge >= 0.3 is 0 Å². The van der Waals surface area contributed by atoms with Gasteiger partial charge < -0.3 is 9.84 Å². The lowest BCUT2D eigenvalue weighted by Gasteiger charge is -2.22. The third kappa shape index (κ3) is 5.09. The summed E-state index contributed by atoms with van der Waals surface area (Å²) in [5.74, 6) is -0.886. The second kappa shape index (κ2) is 8.41. The molecular weight excluding hydrogens is 419 g/mol. The Bertz CT molecular complexity index is 925. The maximum atomic E-state index is 14.3. The summed E-state index contributed by atoms with van der Waals surface area (Å²) in [4.78, 5) is 25.0. The van der Waals surface area contributed by atoms with E-state index in [0.29, 0.717) is 21.2 Å². The van der Waals surface area contributed by atoms with Gasteiger partial charge in [0.15, 0.2) is 0 Å². The summed E-state index contributed by atoms with van der Waals surface area (Å²) in [5, 5.41) is 13.3. The highest BCUT2D eigenvalue weighted by Crippen LogP contribution is 2.21. The van der Waals surface area contributed by atoms with Crippen molar-refractivity contribution in [1.82, 2.24) is 9.78 Å². The third-order valence-corrected chi connectivity index (χ3v) is 4.72. The number of rotatable bonds is 7. The van der Waals surface area contributed by atoms with E-state index in [1.54, 1.807) is 32.9 Å². The Morgan fingerprint density at radius 1 is 1.41 bits per heavy atom. The summed E-state index contributed by atoms with van der Waals surface area (Å²) in [6.45, 7) is 4.33. The molecule has 0 radical (unpaired) electrons. The number of aromatic nitrogens is 2. The van der Waals surface area contributed by atoms with Gasteiger partial charge in [-0.15, -0.1) is 0 Å². The van der Waals surface area contributed by atoms with Gasteiger partial charge in [0.2, 0.25) is 5.78 Å². The zero-order chi connectivity index (χ0) is 20.4. The van der Waals surface area contributed by atoms with Crippen LogP contribution in [0.3, 0.4) is 0 Å². The van der Waals surface area contributed by atoms with E-state index in [-0.39, 0.29) is 30.9 Å². The van der Waals surface area contributed by atoms with Gasteiger partial charge in [0.1, 0.15) is 18.1 Å². The number of Topliss-reactive ketones (excluding diaryl/α,β-unsaturated/α-hetero) is 1. The first kappa shape index (κ1) is 21.4. The molecule has 2 rings (SSSR count). The van der Waals surface area contributed by atoms with Crippen LogP contribution < -0.4 is 5.56 Å². The first-order chi connectivity index (χ1) is 12.6. The first-order valence-electron chi connectivity index (χ1n) is 8.34. The Kier molecular flexibility index (Phi) is 6.67. The average Bonchev–Trinajstić information content (AvgIpc) is 2.61. The van der Waals surface area contributed by atoms with Crippen LogP contribution in [-0.2, 0) is 18.2 Å². The molecule has 27 heavy (non-hydrogen) atoms. The number of nitrogens with zero attached hydrogens (tertiary/aromatic N) is 2. The molecule has 0 aliphatic heterocycles. The lowest BCUT2D eigenvalue weighted by molar-refractivity contribution is -0.0448. The Labute approximate surface area is 165 Å². The molecule has 1 aromatic carbocycles. The van der Waals surface area contributed by atoms with Crippen molar-refractivity contribution >= 4 is 21.7 Å². The predicted octanol–water partition coefficient (Wildman–Crippen LogP) is 2.55. The molecule has 0 amide bonds. The minimum atomic E-state index is -0.886. The Hall–Kier alpha value is -1.90. The van der Waals surface area contributed by atoms with Crippen molar-refractivity contribution in [3.05, 3.63) is 61.2 Å². The van der Waals surface area contributed by atoms with Crippen molar-refractivity contribution < 1.29 is 19.0 Å². The molecule has 8 heteroatoms. The van der Waals surface area contributed by atoms with E-state index in [4.69, 9.17) is 4.74 Å². The van der Waals surface area contributed by atoms with Gasteiger partial charge in [-0.05, 0) is 44.0 Å². The molecule has 0 unspecified atom stereocenters. The number of ether oxygens (including phenoxy) is 1. The largest absolute Gasteiger partial charge is 0.393 e. The zero-order valence-electron chi connectivity index (χ0n) is 15.7. The molecule has 1 N–H and O–H groups in total. The number of aliphatic hydroxyl groups excluding tert-OH is 1. The lowest BCUT2D eigenvalue weighted by atomic mass is 9.98. The van der Waals surface area contributed by atoms with Gasteiger partial charge in [0, 0.05) is 23.5 Å². The van der Waals surface area contributed by atoms with Gasteiger partial charge in [0.05, 0.1) is 12.2 Å². The van der Waals surface area contributed by atoms with Crippen LogP contribution in [0.5, 0.6) is 0 Å². The molecule has 0 spiro atoms. The van der Waals surface area contributed by atoms with E-state index in [0.717, 1.165) is 4.68 Å². The number of aliphatic hydroxyl groups is 1. The van der Waals surface area contributed by atoms with Gasteiger partial charge in [0.25, 0.3) is 5.56 Å². The highest BCUT2D eigenvalue weighted by molar-refractivity contribution is 9.10. The van der Waals surface area contributed by atoms with Crippen molar-refractivity contribution in [2.45, 2.75) is 32.8 Å². The predicted molar refractivity (Wildman–Crippen MR) is 103 cm³/mol. The number of benzene rings is 1. The fourth-order valence-corrected chi connectivity index (χ4v) is 2.81. The van der Waals surface area contributed by atoms with Crippen LogP contribution in [0.15, 0.2) is 27.5 Å². The Morgan fingerprint density at radius 3 is 2.67 bits per heavy atom. The van der Waals surface area contributed by atoms with Crippen molar-refractivity contribution in [1.29, 1.82) is 0 Å². The maximum Gasteiger partial charge on any atom is 0.269 e. The number of hydrogen-bond acceptors (Lipinski definition) is 5. The fraction of sp³-hybridized carbons (Fsp3) is 0.421. The van der Waals surface area contributed by atoms with Crippen LogP contribution in [0.1, 0.15) is 41.0 Å². The molecule has 6 nitrogen and oxygen atoms in total. The first-order valence-corrected chi connectivity index (χ1v) is 9.13. The molecule has 1 heterocycles. The monoisotopic (exact) mass is 440 g/mol. The Morgan fingerprint density at radius 2 is 2.07 bits per heavy atom. The summed E-state index contributed by atoms with van der Waals surface area (Å²) < 4.78 is 21.4. The van der Waals surface area contributed by atoms with E-state index < -0.39 is 17.2 Å². The van der Waals surface area contributed by atoms with E-state index in [9.17, 15) is 19.1 Å². The van der Waals surface area contributed by atoms with Gasteiger partial charge in [-0.1, -0.05) is 22.0 Å². The highest BCUT2D eigenvalue weighted by Gasteiger charge is 2.24. The topological polar surface area (TPSA) is 81.4 Å². The number of hydrogen-bond donors (Lipinski definition) is 1. The van der Waals surface area contributed by atoms with Gasteiger partial charge in [-0.25, -0.2) is 9.07 Å². The SMILES string of the molecule is Cc1c(Cc2ccc(Br)cc2F)c(C(=O)COC(C)(C)CO)nn(C)c1=O. The minimum Gasteiger partial charge on any atom is -0.393 e. The van der Waals surface area contributed by atoms with E-state index >= 15 is 0 Å². The molecule has 0 atom stereocenters. The second-order valence-corrected chi connectivity index (χ2v) is 7.84. The van der Waals surface area contributed by atoms with Crippen molar-refractivity contribution in [2.75, 3.05) is 13.2 Å². The molecular formula is C19H22BrFN2O4.